The third-order valence-corrected chi connectivity index (χ3v) is 1.60. The lowest BCUT2D eigenvalue weighted by Crippen LogP contribution is -2.58. The first-order valence-electron chi connectivity index (χ1n) is 4.00. The molecule has 1 aromatic carbocycles. The number of benzene rings is 1. The van der Waals surface area contributed by atoms with Gasteiger partial charge in [-0.15, -0.1) is 0 Å². The Kier molecular flexibility index (Phi) is 3.27. The van der Waals surface area contributed by atoms with Gasteiger partial charge in [0.1, 0.15) is 6.21 Å². The third-order valence-electron chi connectivity index (χ3n) is 1.60. The molecule has 0 unspecified atom stereocenters. The predicted octanol–water partition coefficient (Wildman–Crippen LogP) is 1.33. The molecule has 0 aromatic heterocycles. The Morgan fingerprint density at radius 3 is 2.21 bits per heavy atom. The fourth-order valence-electron chi connectivity index (χ4n) is 1.11. The average molecular weight is 205 g/mol. The van der Waals surface area contributed by atoms with Crippen molar-refractivity contribution in [3.63, 3.8) is 0 Å². The van der Waals surface area contributed by atoms with E-state index in [9.17, 15) is 17.3 Å². The molecular weight excluding hydrogens is 197 g/mol. The van der Waals surface area contributed by atoms with E-state index < -0.39 is 7.25 Å². The summed E-state index contributed by atoms with van der Waals surface area (Å²) in [4.78, 5) is 3.18. The summed E-state index contributed by atoms with van der Waals surface area (Å²) in [5.41, 5.74) is 2.66. The van der Waals surface area contributed by atoms with Crippen LogP contribution in [0.1, 0.15) is 5.56 Å². The van der Waals surface area contributed by atoms with E-state index in [0.29, 0.717) is 0 Å². The zero-order valence-corrected chi connectivity index (χ0v) is 7.18. The maximum atomic E-state index is 9.75. The van der Waals surface area contributed by atoms with Crippen molar-refractivity contribution in [3.8, 4) is 0 Å². The lowest BCUT2D eigenvalue weighted by Gasteiger charge is -1.94. The van der Waals surface area contributed by atoms with Gasteiger partial charge in [-0.1, -0.05) is 18.2 Å². The number of hydrogen-bond acceptors (Lipinski definition) is 0. The molecular formula is C8H8BF4N. The van der Waals surface area contributed by atoms with Gasteiger partial charge in [0, 0.05) is 11.6 Å². The van der Waals surface area contributed by atoms with Crippen molar-refractivity contribution in [1.82, 2.24) is 0 Å². The number of fused-ring (bicyclic) bond motifs is 1. The molecule has 14 heavy (non-hydrogen) atoms. The molecule has 1 aromatic rings. The first-order chi connectivity index (χ1) is 6.47. The van der Waals surface area contributed by atoms with E-state index in [1.165, 1.54) is 11.3 Å². The van der Waals surface area contributed by atoms with Gasteiger partial charge < -0.3 is 17.3 Å². The molecule has 0 radical (unpaired) electrons. The van der Waals surface area contributed by atoms with Crippen LogP contribution in [0, 0.1) is 0 Å². The number of nitrogens with one attached hydrogen (secondary N) is 1. The van der Waals surface area contributed by atoms with Crippen molar-refractivity contribution in [2.45, 2.75) is 6.42 Å². The van der Waals surface area contributed by atoms with Crippen LogP contribution in [0.5, 0.6) is 0 Å². The molecule has 0 bridgehead atoms. The molecule has 0 fully saturated rings. The second-order valence-electron chi connectivity index (χ2n) is 2.70. The first kappa shape index (κ1) is 10.8. The first-order valence-corrected chi connectivity index (χ1v) is 4.00. The number of hydrogen-bond donors (Lipinski definition) is 1. The lowest BCUT2D eigenvalue weighted by molar-refractivity contribution is -0.343. The lowest BCUT2D eigenvalue weighted by atomic mass is 10.2. The molecule has 0 saturated carbocycles. The fraction of sp³-hybridized carbons (Fsp3) is 0.125. The van der Waals surface area contributed by atoms with Gasteiger partial charge in [-0.3, -0.25) is 0 Å². The van der Waals surface area contributed by atoms with Crippen molar-refractivity contribution in [3.05, 3.63) is 29.8 Å². The average Bonchev–Trinajstić information content (AvgIpc) is 2.47. The summed E-state index contributed by atoms with van der Waals surface area (Å²) in [6.45, 7) is 0. The SMILES string of the molecule is C1=[NH+]c2ccccc2C1.F[B-](F)(F)F. The van der Waals surface area contributed by atoms with Crippen LogP contribution in [0.3, 0.4) is 0 Å². The quantitative estimate of drug-likeness (QED) is 0.485. The molecule has 0 saturated heterocycles. The predicted molar refractivity (Wildman–Crippen MR) is 47.0 cm³/mol. The van der Waals surface area contributed by atoms with Gasteiger partial charge in [0.25, 0.3) is 0 Å². The van der Waals surface area contributed by atoms with Crippen LogP contribution < -0.4 is 4.99 Å². The Morgan fingerprint density at radius 1 is 1.07 bits per heavy atom. The van der Waals surface area contributed by atoms with E-state index in [1.807, 2.05) is 6.07 Å². The molecule has 1 aliphatic rings. The monoisotopic (exact) mass is 205 g/mol. The highest BCUT2D eigenvalue weighted by atomic mass is 19.5. The van der Waals surface area contributed by atoms with Gasteiger partial charge in [0.2, 0.25) is 5.69 Å². The summed E-state index contributed by atoms with van der Waals surface area (Å²) in [6.07, 6.45) is 3.14. The maximum absolute atomic E-state index is 9.75. The van der Waals surface area contributed by atoms with Gasteiger partial charge >= 0.3 is 7.25 Å². The molecule has 0 amide bonds. The minimum Gasteiger partial charge on any atom is -0.418 e. The molecule has 6 heteroatoms. The second-order valence-corrected chi connectivity index (χ2v) is 2.70. The van der Waals surface area contributed by atoms with Crippen molar-refractivity contribution in [2.75, 3.05) is 0 Å². The summed E-state index contributed by atoms with van der Waals surface area (Å²) in [6, 6.07) is 8.36. The maximum Gasteiger partial charge on any atom is 0.673 e. The van der Waals surface area contributed by atoms with Crippen LogP contribution in [-0.4, -0.2) is 13.5 Å². The summed E-state index contributed by atoms with van der Waals surface area (Å²) in [5, 5.41) is 0. The zero-order valence-electron chi connectivity index (χ0n) is 7.18. The Morgan fingerprint density at radius 2 is 1.64 bits per heavy atom. The minimum atomic E-state index is -6.00. The Labute approximate surface area is 78.6 Å². The Bertz CT molecular complexity index is 328. The summed E-state index contributed by atoms with van der Waals surface area (Å²) >= 11 is 0. The molecule has 0 atom stereocenters. The molecule has 76 valence electrons. The van der Waals surface area contributed by atoms with Crippen LogP contribution >= 0.6 is 0 Å². The highest BCUT2D eigenvalue weighted by Crippen LogP contribution is 2.09. The molecule has 1 aliphatic heterocycles. The van der Waals surface area contributed by atoms with E-state index in [1.54, 1.807) is 0 Å². The van der Waals surface area contributed by atoms with Gasteiger partial charge in [0.05, 0.1) is 6.42 Å². The molecule has 1 N–H and O–H groups in total. The summed E-state index contributed by atoms with van der Waals surface area (Å²) in [7, 11) is -6.00. The van der Waals surface area contributed by atoms with Gasteiger partial charge in [0.15, 0.2) is 0 Å². The van der Waals surface area contributed by atoms with E-state index in [4.69, 9.17) is 0 Å². The van der Waals surface area contributed by atoms with Crippen LogP contribution in [0.2, 0.25) is 0 Å². The number of rotatable bonds is 0. The van der Waals surface area contributed by atoms with Crippen LogP contribution in [-0.2, 0) is 6.42 Å². The number of halogens is 4. The van der Waals surface area contributed by atoms with Crippen molar-refractivity contribution in [2.24, 2.45) is 0 Å². The standard InChI is InChI=1S/C8H7N.BF4/c1-2-4-8-7(3-1)5-6-9-8;2-1(3,4)5/h1-4,6H,5H2;/q;-1/p+1. The smallest absolute Gasteiger partial charge is 0.418 e. The van der Waals surface area contributed by atoms with Gasteiger partial charge in [-0.25, -0.2) is 4.99 Å². The highest BCUT2D eigenvalue weighted by Gasteiger charge is 2.20. The van der Waals surface area contributed by atoms with E-state index >= 15 is 0 Å². The third kappa shape index (κ3) is 4.07. The second kappa shape index (κ2) is 4.26. The molecule has 0 spiro atoms. The molecule has 1 nitrogen and oxygen atoms in total. The minimum absolute atomic E-state index is 1.07. The van der Waals surface area contributed by atoms with Crippen molar-refractivity contribution in [1.29, 1.82) is 0 Å². The molecule has 2 rings (SSSR count). The van der Waals surface area contributed by atoms with E-state index in [-0.39, 0.29) is 0 Å². The van der Waals surface area contributed by atoms with Crippen LogP contribution in [0.4, 0.5) is 23.0 Å². The normalized spacial score (nSPS) is 13.1. The Hall–Kier alpha value is -1.33. The topological polar surface area (TPSA) is 14.0 Å². The summed E-state index contributed by atoms with van der Waals surface area (Å²) < 4.78 is 39.0. The van der Waals surface area contributed by atoms with Crippen LogP contribution in [0.25, 0.3) is 0 Å². The van der Waals surface area contributed by atoms with Gasteiger partial charge in [-0.05, 0) is 0 Å². The number of para-hydroxylation sites is 1. The van der Waals surface area contributed by atoms with Crippen LogP contribution in [0.15, 0.2) is 24.3 Å². The van der Waals surface area contributed by atoms with E-state index in [0.717, 1.165) is 6.42 Å². The molecule has 0 aliphatic carbocycles. The Balaban J connectivity index is 0.000000171. The van der Waals surface area contributed by atoms with Gasteiger partial charge in [-0.2, -0.15) is 0 Å². The van der Waals surface area contributed by atoms with Crippen molar-refractivity contribution < 1.29 is 22.3 Å². The van der Waals surface area contributed by atoms with E-state index in [2.05, 4.69) is 29.4 Å². The van der Waals surface area contributed by atoms with Crippen molar-refractivity contribution >= 4 is 19.2 Å². The largest absolute Gasteiger partial charge is 0.673 e. The fourth-order valence-corrected chi connectivity index (χ4v) is 1.11. The zero-order chi connectivity index (χ0) is 10.6. The highest BCUT2D eigenvalue weighted by molar-refractivity contribution is 6.50. The summed E-state index contributed by atoms with van der Waals surface area (Å²) in [5.74, 6) is 0. The molecule has 1 heterocycles.